The normalized spacial score (nSPS) is 22.1. The van der Waals surface area contributed by atoms with E-state index in [1.165, 1.54) is 28.7 Å². The van der Waals surface area contributed by atoms with Gasteiger partial charge >= 0.3 is 0 Å². The molecule has 2 atom stereocenters. The van der Waals surface area contributed by atoms with E-state index < -0.39 is 0 Å². The highest BCUT2D eigenvalue weighted by Crippen LogP contribution is 2.48. The number of benzene rings is 1. The fraction of sp³-hybridized carbons (Fsp3) is 0.500. The molecular formula is C16H24. The summed E-state index contributed by atoms with van der Waals surface area (Å²) in [6.45, 7) is 14.6. The highest BCUT2D eigenvalue weighted by molar-refractivity contribution is 5.57. The zero-order valence-electron chi connectivity index (χ0n) is 11.3. The number of rotatable bonds is 2. The molecule has 1 unspecified atom stereocenters. The molecule has 0 bridgehead atoms. The van der Waals surface area contributed by atoms with E-state index in [4.69, 9.17) is 0 Å². The average Bonchev–Trinajstić information content (AvgIpc) is 3.01. The molecule has 1 aromatic carbocycles. The summed E-state index contributed by atoms with van der Waals surface area (Å²) in [5, 5.41) is 0. The van der Waals surface area contributed by atoms with Crippen LogP contribution in [0.1, 0.15) is 55.4 Å². The standard InChI is InChI=1S/C14H18.C2H6/c1-5-12-6-9(2)10(3)7-14(12)13-8-11(13)4;1-2/h5-7,11,13H,1,8H2,2-4H3;1-2H3/t11-,13?;/m0./s1. The SMILES string of the molecule is C=Cc1cc(C)c(C)cc1C1C[C@@H]1C.CC. The molecule has 1 aliphatic carbocycles. The minimum atomic E-state index is 0.794. The second-order valence-corrected chi connectivity index (χ2v) is 4.59. The molecule has 0 N–H and O–H groups in total. The third-order valence-corrected chi connectivity index (χ3v) is 3.43. The van der Waals surface area contributed by atoms with Crippen LogP contribution < -0.4 is 0 Å². The first-order valence-corrected chi connectivity index (χ1v) is 6.37. The van der Waals surface area contributed by atoms with Crippen LogP contribution in [0, 0.1) is 19.8 Å². The summed E-state index contributed by atoms with van der Waals surface area (Å²) in [4.78, 5) is 0. The Morgan fingerprint density at radius 1 is 1.19 bits per heavy atom. The van der Waals surface area contributed by atoms with Gasteiger partial charge in [-0.1, -0.05) is 45.6 Å². The molecule has 1 aromatic rings. The Bertz CT molecular complexity index is 374. The zero-order chi connectivity index (χ0) is 12.3. The van der Waals surface area contributed by atoms with Crippen LogP contribution in [0.2, 0.25) is 0 Å². The minimum absolute atomic E-state index is 0.794. The van der Waals surface area contributed by atoms with Gasteiger partial charge in [-0.25, -0.2) is 0 Å². The first-order valence-electron chi connectivity index (χ1n) is 6.37. The number of aryl methyl sites for hydroxylation is 2. The first kappa shape index (κ1) is 13.0. The van der Waals surface area contributed by atoms with Crippen LogP contribution in [0.15, 0.2) is 18.7 Å². The quantitative estimate of drug-likeness (QED) is 0.645. The Morgan fingerprint density at radius 3 is 2.12 bits per heavy atom. The summed E-state index contributed by atoms with van der Waals surface area (Å²) in [6, 6.07) is 4.61. The second-order valence-electron chi connectivity index (χ2n) is 4.59. The largest absolute Gasteiger partial charge is 0.0985 e. The summed E-state index contributed by atoms with van der Waals surface area (Å²) in [5.41, 5.74) is 5.62. The predicted molar refractivity (Wildman–Crippen MR) is 73.9 cm³/mol. The van der Waals surface area contributed by atoms with E-state index in [0.29, 0.717) is 0 Å². The molecule has 1 fully saturated rings. The molecule has 16 heavy (non-hydrogen) atoms. The molecule has 0 nitrogen and oxygen atoms in total. The maximum absolute atomic E-state index is 3.90. The van der Waals surface area contributed by atoms with E-state index >= 15 is 0 Å². The number of hydrogen-bond donors (Lipinski definition) is 0. The summed E-state index contributed by atoms with van der Waals surface area (Å²) in [5.74, 6) is 1.66. The zero-order valence-corrected chi connectivity index (χ0v) is 11.3. The van der Waals surface area contributed by atoms with Gasteiger partial charge in [0.2, 0.25) is 0 Å². The lowest BCUT2D eigenvalue weighted by molar-refractivity contribution is 0.911. The van der Waals surface area contributed by atoms with Gasteiger partial charge in [-0.3, -0.25) is 0 Å². The molecule has 0 aromatic heterocycles. The monoisotopic (exact) mass is 216 g/mol. The van der Waals surface area contributed by atoms with Crippen LogP contribution in [0.25, 0.3) is 6.08 Å². The van der Waals surface area contributed by atoms with Crippen molar-refractivity contribution in [1.82, 2.24) is 0 Å². The third kappa shape index (κ3) is 2.55. The first-order chi connectivity index (χ1) is 7.63. The van der Waals surface area contributed by atoms with E-state index in [2.05, 4.69) is 39.5 Å². The Morgan fingerprint density at radius 2 is 1.69 bits per heavy atom. The summed E-state index contributed by atoms with van der Waals surface area (Å²) < 4.78 is 0. The van der Waals surface area contributed by atoms with Crippen LogP contribution in [-0.2, 0) is 0 Å². The average molecular weight is 216 g/mol. The summed E-state index contributed by atoms with van der Waals surface area (Å²) in [6.07, 6.45) is 3.34. The smallest absolute Gasteiger partial charge is 0.0127 e. The van der Waals surface area contributed by atoms with Crippen molar-refractivity contribution in [3.05, 3.63) is 41.0 Å². The maximum Gasteiger partial charge on any atom is -0.0127 e. The van der Waals surface area contributed by atoms with Crippen LogP contribution in [0.3, 0.4) is 0 Å². The number of hydrogen-bond acceptors (Lipinski definition) is 0. The molecule has 0 heteroatoms. The van der Waals surface area contributed by atoms with Crippen LogP contribution >= 0.6 is 0 Å². The summed E-state index contributed by atoms with van der Waals surface area (Å²) in [7, 11) is 0. The molecule has 88 valence electrons. The van der Waals surface area contributed by atoms with Crippen molar-refractivity contribution in [2.75, 3.05) is 0 Å². The molecule has 0 radical (unpaired) electrons. The Hall–Kier alpha value is -1.04. The van der Waals surface area contributed by atoms with Crippen molar-refractivity contribution < 1.29 is 0 Å². The van der Waals surface area contributed by atoms with Gasteiger partial charge in [0.15, 0.2) is 0 Å². The van der Waals surface area contributed by atoms with Crippen LogP contribution in [-0.4, -0.2) is 0 Å². The molecule has 0 spiro atoms. The maximum atomic E-state index is 3.90. The molecule has 0 saturated heterocycles. The van der Waals surface area contributed by atoms with Crippen LogP contribution in [0.5, 0.6) is 0 Å². The molecular weight excluding hydrogens is 192 g/mol. The fourth-order valence-electron chi connectivity index (χ4n) is 2.11. The van der Waals surface area contributed by atoms with Crippen molar-refractivity contribution in [3.8, 4) is 0 Å². The van der Waals surface area contributed by atoms with E-state index in [0.717, 1.165) is 11.8 Å². The minimum Gasteiger partial charge on any atom is -0.0985 e. The topological polar surface area (TPSA) is 0 Å². The molecule has 0 amide bonds. The van der Waals surface area contributed by atoms with Crippen molar-refractivity contribution in [2.45, 2.75) is 47.0 Å². The van der Waals surface area contributed by atoms with Crippen molar-refractivity contribution in [2.24, 2.45) is 5.92 Å². The van der Waals surface area contributed by atoms with E-state index in [9.17, 15) is 0 Å². The van der Waals surface area contributed by atoms with Crippen LogP contribution in [0.4, 0.5) is 0 Å². The van der Waals surface area contributed by atoms with E-state index in [-0.39, 0.29) is 0 Å². The van der Waals surface area contributed by atoms with Gasteiger partial charge in [0.25, 0.3) is 0 Å². The van der Waals surface area contributed by atoms with Gasteiger partial charge in [0, 0.05) is 0 Å². The van der Waals surface area contributed by atoms with Crippen molar-refractivity contribution in [3.63, 3.8) is 0 Å². The van der Waals surface area contributed by atoms with E-state index in [1.54, 1.807) is 0 Å². The molecule has 0 heterocycles. The van der Waals surface area contributed by atoms with E-state index in [1.807, 2.05) is 19.9 Å². The van der Waals surface area contributed by atoms with Gasteiger partial charge in [-0.2, -0.15) is 0 Å². The molecule has 0 aliphatic heterocycles. The highest BCUT2D eigenvalue weighted by atomic mass is 14.4. The fourth-order valence-corrected chi connectivity index (χ4v) is 2.11. The van der Waals surface area contributed by atoms with Gasteiger partial charge in [0.1, 0.15) is 0 Å². The van der Waals surface area contributed by atoms with Crippen molar-refractivity contribution in [1.29, 1.82) is 0 Å². The molecule has 1 saturated carbocycles. The third-order valence-electron chi connectivity index (χ3n) is 3.43. The molecule has 2 rings (SSSR count). The van der Waals surface area contributed by atoms with Gasteiger partial charge in [-0.15, -0.1) is 0 Å². The lowest BCUT2D eigenvalue weighted by Crippen LogP contribution is -1.91. The molecule has 1 aliphatic rings. The second kappa shape index (κ2) is 5.34. The highest BCUT2D eigenvalue weighted by Gasteiger charge is 2.35. The summed E-state index contributed by atoms with van der Waals surface area (Å²) >= 11 is 0. The Kier molecular flexibility index (Phi) is 4.35. The predicted octanol–water partition coefficient (Wildman–Crippen LogP) is 5.10. The van der Waals surface area contributed by atoms with Gasteiger partial charge < -0.3 is 0 Å². The van der Waals surface area contributed by atoms with Gasteiger partial charge in [0.05, 0.1) is 0 Å². The van der Waals surface area contributed by atoms with Crippen molar-refractivity contribution >= 4 is 6.08 Å². The lowest BCUT2D eigenvalue weighted by atomic mass is 9.96. The Balaban J connectivity index is 0.000000606. The lowest BCUT2D eigenvalue weighted by Gasteiger charge is -2.09. The van der Waals surface area contributed by atoms with Gasteiger partial charge in [-0.05, 0) is 54.4 Å². The Labute approximate surface area is 100 Å².